The topological polar surface area (TPSA) is 150 Å². The highest BCUT2D eigenvalue weighted by Crippen LogP contribution is 2.26. The summed E-state index contributed by atoms with van der Waals surface area (Å²) in [4.78, 5) is 24.7. The third kappa shape index (κ3) is 10.4. The van der Waals surface area contributed by atoms with Crippen LogP contribution < -0.4 is 15.4 Å². The van der Waals surface area contributed by atoms with Crippen molar-refractivity contribution in [3.63, 3.8) is 0 Å². The first-order valence-corrected chi connectivity index (χ1v) is 15.5. The van der Waals surface area contributed by atoms with Crippen molar-refractivity contribution in [3.8, 4) is 5.75 Å². The molecule has 1 unspecified atom stereocenters. The molecule has 4 N–H and O–H groups in total. The monoisotopic (exact) mass is 602 g/mol. The maximum absolute atomic E-state index is 12.5. The highest BCUT2D eigenvalue weighted by molar-refractivity contribution is 8.26. The molecule has 1 atom stereocenters. The van der Waals surface area contributed by atoms with Crippen molar-refractivity contribution < 1.29 is 19.1 Å². The molecule has 0 bridgehead atoms. The summed E-state index contributed by atoms with van der Waals surface area (Å²) in [5.41, 5.74) is 1.62. The SMILES string of the molecule is COC1=C(CC(=O)Nc2nnc(CCSCCC(=N)SC(=N)NC(=O)Cc3ccccc3OC)s2)C=CC(C)C1. The Balaban J connectivity index is 1.30. The van der Waals surface area contributed by atoms with Crippen LogP contribution in [0.2, 0.25) is 0 Å². The molecule has 0 fully saturated rings. The summed E-state index contributed by atoms with van der Waals surface area (Å²) in [6.45, 7) is 2.11. The number of ether oxygens (including phenoxy) is 2. The number of aryl methyl sites for hydroxylation is 1. The van der Waals surface area contributed by atoms with Crippen LogP contribution in [0.25, 0.3) is 0 Å². The van der Waals surface area contributed by atoms with Crippen LogP contribution in [-0.4, -0.2) is 57.9 Å². The summed E-state index contributed by atoms with van der Waals surface area (Å²) in [5, 5.41) is 31.2. The molecule has 1 aromatic carbocycles. The number of nitrogens with one attached hydrogen (secondary N) is 4. The molecule has 0 saturated carbocycles. The number of methoxy groups -OCH3 is 2. The van der Waals surface area contributed by atoms with Gasteiger partial charge in [-0.15, -0.1) is 10.2 Å². The van der Waals surface area contributed by atoms with E-state index in [1.807, 2.05) is 18.2 Å². The first kappa shape index (κ1) is 31.4. The van der Waals surface area contributed by atoms with Crippen molar-refractivity contribution in [2.75, 3.05) is 31.0 Å². The Labute approximate surface area is 246 Å². The number of carbonyl (C=O) groups is 2. The number of nitrogens with zero attached hydrogens (tertiary/aromatic N) is 2. The number of thioether (sulfide) groups is 2. The van der Waals surface area contributed by atoms with Crippen LogP contribution in [0.1, 0.15) is 36.8 Å². The van der Waals surface area contributed by atoms with Crippen molar-refractivity contribution in [3.05, 3.63) is 58.3 Å². The van der Waals surface area contributed by atoms with Gasteiger partial charge in [0.1, 0.15) is 10.8 Å². The van der Waals surface area contributed by atoms with Gasteiger partial charge in [0, 0.05) is 24.8 Å². The average molecular weight is 603 g/mol. The lowest BCUT2D eigenvalue weighted by Crippen LogP contribution is -2.30. The number of para-hydroxylation sites is 1. The first-order chi connectivity index (χ1) is 19.3. The van der Waals surface area contributed by atoms with Crippen LogP contribution in [0.15, 0.2) is 47.7 Å². The molecule has 2 amide bonds. The Morgan fingerprint density at radius 2 is 1.90 bits per heavy atom. The fourth-order valence-corrected chi connectivity index (χ4v) is 6.32. The van der Waals surface area contributed by atoms with Gasteiger partial charge >= 0.3 is 0 Å². The quantitative estimate of drug-likeness (QED) is 0.141. The fraction of sp³-hybridized carbons (Fsp3) is 0.407. The van der Waals surface area contributed by atoms with Gasteiger partial charge in [-0.25, -0.2) is 0 Å². The molecule has 10 nitrogen and oxygen atoms in total. The van der Waals surface area contributed by atoms with Gasteiger partial charge < -0.3 is 20.1 Å². The third-order valence-corrected chi connectivity index (χ3v) is 8.40. The second-order valence-electron chi connectivity index (χ2n) is 8.92. The molecule has 2 aromatic rings. The molecular formula is C27H34N6O4S3. The molecule has 13 heteroatoms. The molecule has 3 rings (SSSR count). The number of hydrogen-bond acceptors (Lipinski definition) is 11. The van der Waals surface area contributed by atoms with E-state index in [0.717, 1.165) is 45.8 Å². The standard InChI is InChI=1S/C27H34N6O4S3/c1-17-8-9-19(21(14-17)37-3)16-24(35)31-27-33-32-25(40-27)11-13-38-12-10-22(28)39-26(29)30-23(34)15-18-6-4-5-7-20(18)36-2/h4-9,17,28H,10-16H2,1-3H3,(H2,29,30,34)(H,31,33,35). The number of rotatable bonds is 13. The number of amides is 2. The number of hydrogen-bond donors (Lipinski definition) is 4. The zero-order chi connectivity index (χ0) is 28.9. The molecule has 40 heavy (non-hydrogen) atoms. The summed E-state index contributed by atoms with van der Waals surface area (Å²) in [7, 11) is 3.18. The minimum Gasteiger partial charge on any atom is -0.501 e. The van der Waals surface area contributed by atoms with Gasteiger partial charge in [-0.3, -0.25) is 20.4 Å². The minimum absolute atomic E-state index is 0.0675. The van der Waals surface area contributed by atoms with E-state index in [1.165, 1.54) is 11.3 Å². The molecule has 0 saturated heterocycles. The van der Waals surface area contributed by atoms with E-state index in [-0.39, 0.29) is 29.8 Å². The molecular weight excluding hydrogens is 569 g/mol. The predicted molar refractivity (Wildman–Crippen MR) is 164 cm³/mol. The Morgan fingerprint density at radius 1 is 1.10 bits per heavy atom. The lowest BCUT2D eigenvalue weighted by Gasteiger charge is -2.18. The Bertz CT molecular complexity index is 1280. The summed E-state index contributed by atoms with van der Waals surface area (Å²) in [6, 6.07) is 7.24. The van der Waals surface area contributed by atoms with Crippen LogP contribution in [0.3, 0.4) is 0 Å². The van der Waals surface area contributed by atoms with Gasteiger partial charge in [-0.2, -0.15) is 11.8 Å². The molecule has 0 radical (unpaired) electrons. The van der Waals surface area contributed by atoms with Crippen LogP contribution in [0.4, 0.5) is 5.13 Å². The largest absolute Gasteiger partial charge is 0.501 e. The van der Waals surface area contributed by atoms with Gasteiger partial charge in [-0.1, -0.05) is 48.6 Å². The summed E-state index contributed by atoms with van der Waals surface area (Å²) in [6.07, 6.45) is 6.34. The van der Waals surface area contributed by atoms with Gasteiger partial charge in [0.15, 0.2) is 5.17 Å². The minimum atomic E-state index is -0.325. The molecule has 1 heterocycles. The maximum Gasteiger partial charge on any atom is 0.230 e. The van der Waals surface area contributed by atoms with Crippen molar-refractivity contribution >= 4 is 62.0 Å². The van der Waals surface area contributed by atoms with Crippen LogP contribution >= 0.6 is 34.9 Å². The highest BCUT2D eigenvalue weighted by atomic mass is 32.2. The second-order valence-corrected chi connectivity index (χ2v) is 12.3. The van der Waals surface area contributed by atoms with Gasteiger partial charge in [-0.05, 0) is 40.8 Å². The smallest absolute Gasteiger partial charge is 0.230 e. The van der Waals surface area contributed by atoms with E-state index in [1.54, 1.807) is 38.1 Å². The summed E-state index contributed by atoms with van der Waals surface area (Å²) < 4.78 is 10.7. The van der Waals surface area contributed by atoms with Gasteiger partial charge in [0.2, 0.25) is 16.9 Å². The van der Waals surface area contributed by atoms with Gasteiger partial charge in [0.05, 0.1) is 37.9 Å². The average Bonchev–Trinajstić information content (AvgIpc) is 3.36. The Kier molecular flexibility index (Phi) is 12.7. The van der Waals surface area contributed by atoms with E-state index in [9.17, 15) is 9.59 Å². The molecule has 1 aliphatic rings. The maximum atomic E-state index is 12.5. The molecule has 1 aliphatic carbocycles. The highest BCUT2D eigenvalue weighted by Gasteiger charge is 2.17. The number of aromatic nitrogens is 2. The lowest BCUT2D eigenvalue weighted by atomic mass is 9.95. The van der Waals surface area contributed by atoms with Crippen LogP contribution in [0, 0.1) is 16.7 Å². The Hall–Kier alpha value is -3.16. The van der Waals surface area contributed by atoms with E-state index in [4.69, 9.17) is 20.3 Å². The van der Waals surface area contributed by atoms with E-state index >= 15 is 0 Å². The molecule has 0 aliphatic heterocycles. The summed E-state index contributed by atoms with van der Waals surface area (Å²) in [5.74, 6) is 2.88. The summed E-state index contributed by atoms with van der Waals surface area (Å²) >= 11 is 3.97. The fourth-order valence-electron chi connectivity index (χ4n) is 3.80. The van der Waals surface area contributed by atoms with E-state index in [0.29, 0.717) is 40.4 Å². The zero-order valence-electron chi connectivity index (χ0n) is 22.7. The van der Waals surface area contributed by atoms with Crippen LogP contribution in [0.5, 0.6) is 5.75 Å². The van der Waals surface area contributed by atoms with Crippen molar-refractivity contribution in [1.29, 1.82) is 10.8 Å². The van der Waals surface area contributed by atoms with Crippen molar-refractivity contribution in [1.82, 2.24) is 15.5 Å². The third-order valence-electron chi connectivity index (χ3n) is 5.76. The van der Waals surface area contributed by atoms with Crippen molar-refractivity contribution in [2.45, 2.75) is 39.0 Å². The first-order valence-electron chi connectivity index (χ1n) is 12.7. The van der Waals surface area contributed by atoms with E-state index < -0.39 is 0 Å². The molecule has 1 aromatic heterocycles. The lowest BCUT2D eigenvalue weighted by molar-refractivity contribution is -0.119. The van der Waals surface area contributed by atoms with Crippen molar-refractivity contribution in [2.24, 2.45) is 5.92 Å². The molecule has 214 valence electrons. The zero-order valence-corrected chi connectivity index (χ0v) is 25.2. The number of benzene rings is 1. The van der Waals surface area contributed by atoms with E-state index in [2.05, 4.69) is 33.8 Å². The Morgan fingerprint density at radius 3 is 2.67 bits per heavy atom. The van der Waals surface area contributed by atoms with Crippen LogP contribution in [-0.2, 0) is 27.2 Å². The van der Waals surface area contributed by atoms with Gasteiger partial charge in [0.25, 0.3) is 0 Å². The predicted octanol–water partition coefficient (Wildman–Crippen LogP) is 5.04. The number of carbonyl (C=O) groups excluding carboxylic acids is 2. The normalized spacial score (nSPS) is 14.5. The molecule has 0 spiro atoms. The number of amidine groups is 1. The number of allylic oxidation sites excluding steroid dienone is 3. The second kappa shape index (κ2) is 16.2. The number of anilines is 1.